The van der Waals surface area contributed by atoms with Crippen LogP contribution < -0.4 is 5.32 Å². The molecular formula is C10H21NO3. The first kappa shape index (κ1) is 13.4. The SMILES string of the molecule is COCCC(C)NC(C)(C)C(=O)OC. The Bertz CT molecular complexity index is 180. The van der Waals surface area contributed by atoms with E-state index in [4.69, 9.17) is 4.74 Å². The summed E-state index contributed by atoms with van der Waals surface area (Å²) < 4.78 is 9.65. The van der Waals surface area contributed by atoms with Crippen LogP contribution in [0.1, 0.15) is 27.2 Å². The first-order chi connectivity index (χ1) is 6.44. The summed E-state index contributed by atoms with van der Waals surface area (Å²) in [6, 6.07) is 0.226. The van der Waals surface area contributed by atoms with Crippen LogP contribution in [0.3, 0.4) is 0 Å². The molecule has 84 valence electrons. The van der Waals surface area contributed by atoms with Gasteiger partial charge in [0.15, 0.2) is 0 Å². The number of hydrogen-bond donors (Lipinski definition) is 1. The lowest BCUT2D eigenvalue weighted by Gasteiger charge is -2.27. The minimum Gasteiger partial charge on any atom is -0.468 e. The average molecular weight is 203 g/mol. The molecule has 0 aromatic heterocycles. The maximum atomic E-state index is 11.3. The number of hydrogen-bond acceptors (Lipinski definition) is 4. The Morgan fingerprint density at radius 3 is 2.43 bits per heavy atom. The first-order valence-electron chi connectivity index (χ1n) is 4.79. The smallest absolute Gasteiger partial charge is 0.325 e. The molecule has 0 rings (SSSR count). The molecule has 0 spiro atoms. The van der Waals surface area contributed by atoms with Gasteiger partial charge in [0, 0.05) is 19.8 Å². The van der Waals surface area contributed by atoms with Gasteiger partial charge >= 0.3 is 5.97 Å². The quantitative estimate of drug-likeness (QED) is 0.653. The standard InChI is InChI=1S/C10H21NO3/c1-8(6-7-13-4)11-10(2,3)9(12)14-5/h8,11H,6-7H2,1-5H3. The number of nitrogens with one attached hydrogen (secondary N) is 1. The summed E-state index contributed by atoms with van der Waals surface area (Å²) in [7, 11) is 3.06. The van der Waals surface area contributed by atoms with Crippen molar-refractivity contribution in [1.29, 1.82) is 0 Å². The Morgan fingerprint density at radius 1 is 1.43 bits per heavy atom. The van der Waals surface area contributed by atoms with E-state index in [0.717, 1.165) is 6.42 Å². The van der Waals surface area contributed by atoms with Gasteiger partial charge in [0.05, 0.1) is 7.11 Å². The molecule has 0 aliphatic heterocycles. The zero-order valence-corrected chi connectivity index (χ0v) is 9.72. The van der Waals surface area contributed by atoms with Gasteiger partial charge in [-0.05, 0) is 27.2 Å². The van der Waals surface area contributed by atoms with E-state index in [-0.39, 0.29) is 12.0 Å². The molecule has 0 aliphatic rings. The molecular weight excluding hydrogens is 182 g/mol. The van der Waals surface area contributed by atoms with Crippen LogP contribution in [0.2, 0.25) is 0 Å². The Balaban J connectivity index is 4.01. The first-order valence-corrected chi connectivity index (χ1v) is 4.79. The van der Waals surface area contributed by atoms with Crippen molar-refractivity contribution < 1.29 is 14.3 Å². The largest absolute Gasteiger partial charge is 0.468 e. The summed E-state index contributed by atoms with van der Waals surface area (Å²) in [5.41, 5.74) is -0.637. The number of carbonyl (C=O) groups is 1. The summed E-state index contributed by atoms with van der Waals surface area (Å²) >= 11 is 0. The van der Waals surface area contributed by atoms with Gasteiger partial charge in [-0.15, -0.1) is 0 Å². The minimum atomic E-state index is -0.637. The molecule has 0 radical (unpaired) electrons. The van der Waals surface area contributed by atoms with E-state index in [0.29, 0.717) is 6.61 Å². The van der Waals surface area contributed by atoms with Gasteiger partial charge in [-0.25, -0.2) is 0 Å². The lowest BCUT2D eigenvalue weighted by atomic mass is 10.0. The van der Waals surface area contributed by atoms with Gasteiger partial charge in [-0.2, -0.15) is 0 Å². The van der Waals surface area contributed by atoms with E-state index in [1.165, 1.54) is 7.11 Å². The third-order valence-corrected chi connectivity index (χ3v) is 2.06. The van der Waals surface area contributed by atoms with Crippen LogP contribution in [0.5, 0.6) is 0 Å². The number of esters is 1. The number of ether oxygens (including phenoxy) is 2. The normalized spacial score (nSPS) is 13.8. The molecule has 0 aliphatic carbocycles. The Kier molecular flexibility index (Phi) is 5.72. The van der Waals surface area contributed by atoms with E-state index in [1.54, 1.807) is 7.11 Å². The fourth-order valence-corrected chi connectivity index (χ4v) is 1.30. The number of methoxy groups -OCH3 is 2. The van der Waals surface area contributed by atoms with E-state index in [9.17, 15) is 4.79 Å². The Hall–Kier alpha value is -0.610. The summed E-state index contributed by atoms with van der Waals surface area (Å²) in [6.45, 7) is 6.32. The minimum absolute atomic E-state index is 0.226. The van der Waals surface area contributed by atoms with Crippen LogP contribution in [0.25, 0.3) is 0 Å². The molecule has 0 fully saturated rings. The molecule has 0 bridgehead atoms. The van der Waals surface area contributed by atoms with Crippen molar-refractivity contribution in [3.8, 4) is 0 Å². The second kappa shape index (κ2) is 5.98. The third kappa shape index (κ3) is 4.58. The van der Waals surface area contributed by atoms with Crippen LogP contribution in [0.15, 0.2) is 0 Å². The second-order valence-corrected chi connectivity index (χ2v) is 3.94. The molecule has 0 saturated heterocycles. The summed E-state index contributed by atoms with van der Waals surface area (Å²) in [6.07, 6.45) is 0.872. The van der Waals surface area contributed by atoms with Gasteiger partial charge < -0.3 is 9.47 Å². The molecule has 1 N–H and O–H groups in total. The molecule has 0 aromatic carbocycles. The lowest BCUT2D eigenvalue weighted by Crippen LogP contribution is -2.51. The van der Waals surface area contributed by atoms with E-state index >= 15 is 0 Å². The second-order valence-electron chi connectivity index (χ2n) is 3.94. The predicted molar refractivity (Wildman–Crippen MR) is 55.2 cm³/mol. The highest BCUT2D eigenvalue weighted by atomic mass is 16.5. The van der Waals surface area contributed by atoms with Crippen molar-refractivity contribution in [2.45, 2.75) is 38.8 Å². The Labute approximate surface area is 86.0 Å². The molecule has 4 heteroatoms. The molecule has 0 saturated carbocycles. The highest BCUT2D eigenvalue weighted by Gasteiger charge is 2.29. The molecule has 0 heterocycles. The van der Waals surface area contributed by atoms with Crippen molar-refractivity contribution in [3.05, 3.63) is 0 Å². The zero-order chi connectivity index (χ0) is 11.2. The molecule has 1 unspecified atom stereocenters. The fourth-order valence-electron chi connectivity index (χ4n) is 1.30. The maximum Gasteiger partial charge on any atom is 0.325 e. The van der Waals surface area contributed by atoms with Crippen molar-refractivity contribution >= 4 is 5.97 Å². The predicted octanol–water partition coefficient (Wildman–Crippen LogP) is 0.953. The number of carbonyl (C=O) groups excluding carboxylic acids is 1. The fraction of sp³-hybridized carbons (Fsp3) is 0.900. The van der Waals surface area contributed by atoms with Crippen LogP contribution >= 0.6 is 0 Å². The molecule has 14 heavy (non-hydrogen) atoms. The van der Waals surface area contributed by atoms with E-state index < -0.39 is 5.54 Å². The molecule has 1 atom stereocenters. The van der Waals surface area contributed by atoms with E-state index in [1.807, 2.05) is 20.8 Å². The molecule has 0 aromatic rings. The van der Waals surface area contributed by atoms with E-state index in [2.05, 4.69) is 10.1 Å². The highest BCUT2D eigenvalue weighted by molar-refractivity contribution is 5.79. The lowest BCUT2D eigenvalue weighted by molar-refractivity contribution is -0.147. The average Bonchev–Trinajstić information content (AvgIpc) is 2.12. The summed E-state index contributed by atoms with van der Waals surface area (Å²) in [5.74, 6) is -0.248. The van der Waals surface area contributed by atoms with Crippen molar-refractivity contribution in [2.24, 2.45) is 0 Å². The monoisotopic (exact) mass is 203 g/mol. The van der Waals surface area contributed by atoms with Crippen LogP contribution in [-0.2, 0) is 14.3 Å². The van der Waals surface area contributed by atoms with Gasteiger partial charge in [0.25, 0.3) is 0 Å². The van der Waals surface area contributed by atoms with Crippen molar-refractivity contribution in [2.75, 3.05) is 20.8 Å². The van der Waals surface area contributed by atoms with Crippen LogP contribution in [0.4, 0.5) is 0 Å². The van der Waals surface area contributed by atoms with Crippen molar-refractivity contribution in [3.63, 3.8) is 0 Å². The maximum absolute atomic E-state index is 11.3. The third-order valence-electron chi connectivity index (χ3n) is 2.06. The van der Waals surface area contributed by atoms with Crippen LogP contribution in [-0.4, -0.2) is 38.4 Å². The summed E-state index contributed by atoms with van der Waals surface area (Å²) in [5, 5.41) is 3.19. The summed E-state index contributed by atoms with van der Waals surface area (Å²) in [4.78, 5) is 11.3. The van der Waals surface area contributed by atoms with Gasteiger partial charge in [-0.1, -0.05) is 0 Å². The van der Waals surface area contributed by atoms with Gasteiger partial charge in [0.2, 0.25) is 0 Å². The molecule has 4 nitrogen and oxygen atoms in total. The topological polar surface area (TPSA) is 47.6 Å². The Morgan fingerprint density at radius 2 is 2.00 bits per heavy atom. The van der Waals surface area contributed by atoms with Crippen molar-refractivity contribution in [1.82, 2.24) is 5.32 Å². The molecule has 0 amide bonds. The van der Waals surface area contributed by atoms with Crippen LogP contribution in [0, 0.1) is 0 Å². The highest BCUT2D eigenvalue weighted by Crippen LogP contribution is 2.07. The zero-order valence-electron chi connectivity index (χ0n) is 9.72. The van der Waals surface area contributed by atoms with Gasteiger partial charge in [0.1, 0.15) is 5.54 Å². The number of rotatable bonds is 6. The van der Waals surface area contributed by atoms with Gasteiger partial charge in [-0.3, -0.25) is 10.1 Å².